The van der Waals surface area contributed by atoms with Gasteiger partial charge in [0.25, 0.3) is 5.56 Å². The Bertz CT molecular complexity index is 1460. The van der Waals surface area contributed by atoms with E-state index in [4.69, 9.17) is 4.74 Å². The van der Waals surface area contributed by atoms with Crippen molar-refractivity contribution < 1.29 is 9.13 Å². The number of benzene rings is 2. The number of thiophene rings is 1. The molecule has 0 spiro atoms. The Morgan fingerprint density at radius 2 is 1.97 bits per heavy atom. The van der Waals surface area contributed by atoms with Gasteiger partial charge in [0.1, 0.15) is 29.1 Å². The van der Waals surface area contributed by atoms with E-state index in [1.54, 1.807) is 59.9 Å². The summed E-state index contributed by atoms with van der Waals surface area (Å²) in [4.78, 5) is 22.1. The van der Waals surface area contributed by atoms with Crippen LogP contribution in [-0.2, 0) is 19.4 Å². The maximum absolute atomic E-state index is 13.7. The highest BCUT2D eigenvalue weighted by Gasteiger charge is 2.20. The monoisotopic (exact) mass is 457 g/mol. The van der Waals surface area contributed by atoms with Crippen LogP contribution in [0.25, 0.3) is 21.9 Å². The Kier molecular flexibility index (Phi) is 5.76. The van der Waals surface area contributed by atoms with Crippen LogP contribution >= 0.6 is 11.3 Å². The van der Waals surface area contributed by atoms with Crippen molar-refractivity contribution in [1.82, 2.24) is 9.97 Å². The molecule has 164 valence electrons. The van der Waals surface area contributed by atoms with Crippen LogP contribution in [0.15, 0.2) is 53.3 Å². The molecule has 0 atom stereocenters. The fourth-order valence-corrected chi connectivity index (χ4v) is 5.31. The van der Waals surface area contributed by atoms with Gasteiger partial charge in [-0.25, -0.2) is 9.37 Å². The molecular formula is C26H20FN3O2S. The Morgan fingerprint density at radius 1 is 1.18 bits per heavy atom. The van der Waals surface area contributed by atoms with Gasteiger partial charge in [0.15, 0.2) is 5.82 Å². The first-order chi connectivity index (χ1) is 16.1. The number of aromatic nitrogens is 2. The maximum atomic E-state index is 13.7. The second-order valence-electron chi connectivity index (χ2n) is 7.92. The number of nitrogens with zero attached hydrogens (tertiary/aromatic N) is 2. The van der Waals surface area contributed by atoms with Crippen LogP contribution in [0.4, 0.5) is 4.39 Å². The van der Waals surface area contributed by atoms with E-state index in [9.17, 15) is 14.4 Å². The number of aromatic amines is 1. The number of ether oxygens (including phenoxy) is 1. The molecule has 2 aromatic heterocycles. The second-order valence-corrected chi connectivity index (χ2v) is 9.01. The number of hydrogen-bond donors (Lipinski definition) is 1. The summed E-state index contributed by atoms with van der Waals surface area (Å²) >= 11 is 1.56. The lowest BCUT2D eigenvalue weighted by atomic mass is 9.97. The minimum absolute atomic E-state index is 0.126. The van der Waals surface area contributed by atoms with E-state index in [0.29, 0.717) is 21.5 Å². The first kappa shape index (κ1) is 21.1. The topological polar surface area (TPSA) is 78.8 Å². The number of nitrogens with one attached hydrogen (secondary N) is 1. The van der Waals surface area contributed by atoms with Gasteiger partial charge in [-0.05, 0) is 61.1 Å². The summed E-state index contributed by atoms with van der Waals surface area (Å²) in [7, 11) is 0. The molecule has 1 aliphatic rings. The summed E-state index contributed by atoms with van der Waals surface area (Å²) in [5.74, 6) is 0.556. The number of fused-ring (bicyclic) bond motifs is 3. The smallest absolute Gasteiger partial charge is 0.260 e. The average molecular weight is 458 g/mol. The van der Waals surface area contributed by atoms with Gasteiger partial charge in [0.2, 0.25) is 0 Å². The molecule has 1 aliphatic carbocycles. The average Bonchev–Trinajstić information content (AvgIpc) is 3.22. The van der Waals surface area contributed by atoms with Crippen LogP contribution in [0.3, 0.4) is 0 Å². The van der Waals surface area contributed by atoms with E-state index < -0.39 is 0 Å². The van der Waals surface area contributed by atoms with Crippen molar-refractivity contribution in [2.45, 2.75) is 32.3 Å². The molecule has 5 nitrogen and oxygen atoms in total. The summed E-state index contributed by atoms with van der Waals surface area (Å²) < 4.78 is 19.4. The van der Waals surface area contributed by atoms with Crippen molar-refractivity contribution >= 4 is 33.2 Å². The third-order valence-corrected chi connectivity index (χ3v) is 6.93. The van der Waals surface area contributed by atoms with Crippen molar-refractivity contribution in [3.8, 4) is 11.8 Å². The fourth-order valence-electron chi connectivity index (χ4n) is 4.05. The van der Waals surface area contributed by atoms with Crippen LogP contribution in [0.2, 0.25) is 0 Å². The van der Waals surface area contributed by atoms with Crippen molar-refractivity contribution in [2.24, 2.45) is 0 Å². The lowest BCUT2D eigenvalue weighted by Gasteiger charge is -2.09. The van der Waals surface area contributed by atoms with Gasteiger partial charge in [0, 0.05) is 10.4 Å². The van der Waals surface area contributed by atoms with Gasteiger partial charge >= 0.3 is 0 Å². The predicted molar refractivity (Wildman–Crippen MR) is 128 cm³/mol. The van der Waals surface area contributed by atoms with E-state index in [1.807, 2.05) is 0 Å². The highest BCUT2D eigenvalue weighted by atomic mass is 32.1. The molecule has 0 bridgehead atoms. The van der Waals surface area contributed by atoms with Gasteiger partial charge in [-0.1, -0.05) is 30.3 Å². The SMILES string of the molecule is N#C/C(=C/c1ccc(OCc2ccccc2F)cc1)c1nc2sc3c(c2c(=O)[nH]1)CCCC3. The zero-order chi connectivity index (χ0) is 22.8. The Labute approximate surface area is 193 Å². The molecule has 33 heavy (non-hydrogen) atoms. The van der Waals surface area contributed by atoms with Crippen molar-refractivity contribution in [3.05, 3.63) is 92.1 Å². The highest BCUT2D eigenvalue weighted by Crippen LogP contribution is 2.34. The van der Waals surface area contributed by atoms with Crippen LogP contribution in [0.5, 0.6) is 5.75 Å². The number of allylic oxidation sites excluding steroid dienone is 1. The van der Waals surface area contributed by atoms with Crippen molar-refractivity contribution in [2.75, 3.05) is 0 Å². The molecule has 2 heterocycles. The third kappa shape index (κ3) is 4.30. The molecule has 0 aliphatic heterocycles. The molecule has 4 aromatic rings. The number of H-pyrrole nitrogens is 1. The molecule has 1 N–H and O–H groups in total. The Morgan fingerprint density at radius 3 is 2.76 bits per heavy atom. The molecule has 0 saturated heterocycles. The Balaban J connectivity index is 1.39. The number of nitriles is 1. The molecule has 0 amide bonds. The quantitative estimate of drug-likeness (QED) is 0.393. The molecule has 0 unspecified atom stereocenters. The summed E-state index contributed by atoms with van der Waals surface area (Å²) in [5, 5.41) is 10.4. The molecular weight excluding hydrogens is 437 g/mol. The van der Waals surface area contributed by atoms with E-state index in [0.717, 1.165) is 36.8 Å². The van der Waals surface area contributed by atoms with Gasteiger partial charge in [-0.3, -0.25) is 4.79 Å². The van der Waals surface area contributed by atoms with Gasteiger partial charge in [-0.2, -0.15) is 5.26 Å². The van der Waals surface area contributed by atoms with E-state index in [-0.39, 0.29) is 29.4 Å². The van der Waals surface area contributed by atoms with Crippen LogP contribution in [0.1, 0.15) is 40.2 Å². The normalized spacial score (nSPS) is 13.5. The van der Waals surface area contributed by atoms with Crippen LogP contribution < -0.4 is 10.3 Å². The minimum atomic E-state index is -0.305. The zero-order valence-corrected chi connectivity index (χ0v) is 18.5. The summed E-state index contributed by atoms with van der Waals surface area (Å²) in [6, 6.07) is 15.7. The van der Waals surface area contributed by atoms with E-state index in [2.05, 4.69) is 16.0 Å². The standard InChI is InChI=1S/C26H20FN3O2S/c27-21-7-3-1-5-17(21)15-32-19-11-9-16(10-12-19)13-18(14-28)24-29-25(31)23-20-6-2-4-8-22(20)33-26(23)30-24/h1,3,5,7,9-13H,2,4,6,8,15H2,(H,29,30,31)/b18-13-. The van der Waals surface area contributed by atoms with Crippen LogP contribution in [-0.4, -0.2) is 9.97 Å². The summed E-state index contributed by atoms with van der Waals surface area (Å²) in [5.41, 5.74) is 2.45. The zero-order valence-electron chi connectivity index (χ0n) is 17.7. The Hall–Kier alpha value is -3.76. The number of aryl methyl sites for hydroxylation is 2. The molecule has 0 fully saturated rings. The molecule has 7 heteroatoms. The van der Waals surface area contributed by atoms with E-state index in [1.165, 1.54) is 10.9 Å². The van der Waals surface area contributed by atoms with Gasteiger partial charge < -0.3 is 9.72 Å². The fraction of sp³-hybridized carbons (Fsp3) is 0.192. The minimum Gasteiger partial charge on any atom is -0.489 e. The molecule has 0 saturated carbocycles. The van der Waals surface area contributed by atoms with Crippen LogP contribution in [0, 0.1) is 17.1 Å². The second kappa shape index (κ2) is 9.00. The van der Waals surface area contributed by atoms with Crippen molar-refractivity contribution in [3.63, 3.8) is 0 Å². The summed E-state index contributed by atoms with van der Waals surface area (Å²) in [6.45, 7) is 0.126. The maximum Gasteiger partial charge on any atom is 0.260 e. The van der Waals surface area contributed by atoms with Gasteiger partial charge in [0.05, 0.1) is 11.0 Å². The largest absolute Gasteiger partial charge is 0.489 e. The van der Waals surface area contributed by atoms with E-state index >= 15 is 0 Å². The first-order valence-corrected chi connectivity index (χ1v) is 11.6. The third-order valence-electron chi connectivity index (χ3n) is 5.74. The lowest BCUT2D eigenvalue weighted by Crippen LogP contribution is -2.12. The van der Waals surface area contributed by atoms with Gasteiger partial charge in [-0.15, -0.1) is 11.3 Å². The highest BCUT2D eigenvalue weighted by molar-refractivity contribution is 7.18. The first-order valence-electron chi connectivity index (χ1n) is 10.8. The summed E-state index contributed by atoms with van der Waals surface area (Å²) in [6.07, 6.45) is 5.79. The predicted octanol–water partition coefficient (Wildman–Crippen LogP) is 5.65. The number of rotatable bonds is 5. The molecule has 2 aromatic carbocycles. The number of halogens is 1. The number of hydrogen-bond acceptors (Lipinski definition) is 5. The lowest BCUT2D eigenvalue weighted by molar-refractivity contribution is 0.300. The van der Waals surface area contributed by atoms with Crippen molar-refractivity contribution in [1.29, 1.82) is 5.26 Å². The molecule has 0 radical (unpaired) electrons. The molecule has 5 rings (SSSR count).